The highest BCUT2D eigenvalue weighted by Gasteiger charge is 2.12. The van der Waals surface area contributed by atoms with E-state index in [1.807, 2.05) is 54.6 Å². The van der Waals surface area contributed by atoms with Crippen LogP contribution in [-0.4, -0.2) is 17.1 Å². The molecule has 3 rings (SSSR count). The molecule has 0 aliphatic rings. The normalized spacial score (nSPS) is 12.3. The maximum absolute atomic E-state index is 10.9. The number of carboxylic acids is 1. The first-order valence-electron chi connectivity index (χ1n) is 9.34. The van der Waals surface area contributed by atoms with Crippen molar-refractivity contribution >= 4 is 17.4 Å². The predicted octanol–water partition coefficient (Wildman–Crippen LogP) is 3.07. The number of aliphatic carboxylic acids is 1. The molecule has 0 saturated heterocycles. The van der Waals surface area contributed by atoms with Gasteiger partial charge in [0.25, 0.3) is 0 Å². The Morgan fingerprint density at radius 1 is 0.967 bits per heavy atom. The van der Waals surface area contributed by atoms with Gasteiger partial charge in [0.1, 0.15) is 17.5 Å². The lowest BCUT2D eigenvalue weighted by Crippen LogP contribution is -2.32. The number of para-hydroxylation sites is 1. The fourth-order valence-electron chi connectivity index (χ4n) is 2.78. The van der Waals surface area contributed by atoms with Crippen LogP contribution in [-0.2, 0) is 11.2 Å². The lowest BCUT2D eigenvalue weighted by Gasteiger charge is -2.16. The van der Waals surface area contributed by atoms with Crippen molar-refractivity contribution in [3.63, 3.8) is 0 Å². The van der Waals surface area contributed by atoms with E-state index in [2.05, 4.69) is 0 Å². The number of carbonyl (C=O) groups is 1. The third-order valence-corrected chi connectivity index (χ3v) is 4.45. The van der Waals surface area contributed by atoms with Gasteiger partial charge in [0, 0.05) is 6.20 Å². The van der Waals surface area contributed by atoms with Gasteiger partial charge in [-0.25, -0.2) is 5.84 Å². The minimum absolute atomic E-state index is 0.246. The Bertz CT molecular complexity index is 1000. The van der Waals surface area contributed by atoms with Crippen LogP contribution in [0.5, 0.6) is 11.5 Å². The first-order chi connectivity index (χ1) is 14.4. The Labute approximate surface area is 174 Å². The second-order valence-corrected chi connectivity index (χ2v) is 6.75. The highest BCUT2D eigenvalue weighted by molar-refractivity contribution is 5.73. The van der Waals surface area contributed by atoms with E-state index in [-0.39, 0.29) is 6.42 Å². The maximum atomic E-state index is 10.9. The maximum Gasteiger partial charge on any atom is 0.320 e. The van der Waals surface area contributed by atoms with Gasteiger partial charge < -0.3 is 21.3 Å². The molecule has 0 aliphatic heterocycles. The van der Waals surface area contributed by atoms with Crippen LogP contribution < -0.4 is 27.1 Å². The van der Waals surface area contributed by atoms with Gasteiger partial charge in [0.2, 0.25) is 0 Å². The molecule has 0 fully saturated rings. The molecule has 1 unspecified atom stereocenters. The lowest BCUT2D eigenvalue weighted by atomic mass is 10.1. The van der Waals surface area contributed by atoms with Gasteiger partial charge in [-0.15, -0.1) is 0 Å². The van der Waals surface area contributed by atoms with Crippen LogP contribution in [0.3, 0.4) is 0 Å². The van der Waals surface area contributed by atoms with Crippen LogP contribution >= 0.6 is 0 Å². The van der Waals surface area contributed by atoms with E-state index < -0.39 is 12.0 Å². The molecule has 3 aromatic rings. The van der Waals surface area contributed by atoms with E-state index in [9.17, 15) is 4.79 Å². The fourth-order valence-corrected chi connectivity index (χ4v) is 2.78. The third kappa shape index (κ3) is 5.60. The molecule has 0 amide bonds. The van der Waals surface area contributed by atoms with Crippen LogP contribution in [0.4, 0.5) is 5.69 Å². The Morgan fingerprint density at radius 3 is 2.17 bits per heavy atom. The zero-order valence-electron chi connectivity index (χ0n) is 16.3. The van der Waals surface area contributed by atoms with Gasteiger partial charge in [0.15, 0.2) is 0 Å². The number of carboxylic acid groups (broad SMARTS) is 1. The largest absolute Gasteiger partial charge is 0.480 e. The van der Waals surface area contributed by atoms with E-state index in [4.69, 9.17) is 27.2 Å². The molecule has 0 radical (unpaired) electrons. The SMILES string of the molecule is N/C(=C\N(N)c1ccc(CC(N)C(=O)O)cc1)c1ccc(Oc2ccccc2)cc1. The highest BCUT2D eigenvalue weighted by atomic mass is 16.5. The van der Waals surface area contributed by atoms with Crippen LogP contribution in [0, 0.1) is 0 Å². The van der Waals surface area contributed by atoms with Gasteiger partial charge in [-0.1, -0.05) is 30.3 Å². The Morgan fingerprint density at radius 2 is 1.57 bits per heavy atom. The average Bonchev–Trinajstić information content (AvgIpc) is 2.75. The second-order valence-electron chi connectivity index (χ2n) is 6.75. The monoisotopic (exact) mass is 404 g/mol. The van der Waals surface area contributed by atoms with E-state index in [1.165, 1.54) is 5.01 Å². The number of rotatable bonds is 8. The molecule has 3 aromatic carbocycles. The predicted molar refractivity (Wildman–Crippen MR) is 118 cm³/mol. The van der Waals surface area contributed by atoms with Crippen LogP contribution in [0.15, 0.2) is 85.1 Å². The summed E-state index contributed by atoms with van der Waals surface area (Å²) in [5.74, 6) is 6.53. The Kier molecular flexibility index (Phi) is 6.69. The molecule has 0 saturated carbocycles. The van der Waals surface area contributed by atoms with Gasteiger partial charge in [-0.05, 0) is 66.1 Å². The summed E-state index contributed by atoms with van der Waals surface area (Å²) >= 11 is 0. The number of hydrogen-bond acceptors (Lipinski definition) is 6. The topological polar surface area (TPSA) is 128 Å². The van der Waals surface area contributed by atoms with Gasteiger partial charge in [-0.2, -0.15) is 0 Å². The van der Waals surface area contributed by atoms with E-state index >= 15 is 0 Å². The molecule has 154 valence electrons. The molecule has 7 heteroatoms. The number of hydrazine groups is 1. The number of ether oxygens (including phenoxy) is 1. The van der Waals surface area contributed by atoms with Crippen molar-refractivity contribution < 1.29 is 14.6 Å². The van der Waals surface area contributed by atoms with Crippen molar-refractivity contribution in [2.24, 2.45) is 17.3 Å². The molecule has 0 aliphatic carbocycles. The van der Waals surface area contributed by atoms with Crippen molar-refractivity contribution in [3.8, 4) is 11.5 Å². The standard InChI is InChI=1S/C23H24N4O3/c24-21(23(28)29)14-16-6-10-18(11-7-16)27(26)15-22(25)17-8-12-20(13-9-17)30-19-4-2-1-3-5-19/h1-13,15,21H,14,24-26H2,(H,28,29)/b22-15-. The van der Waals surface area contributed by atoms with Crippen molar-refractivity contribution in [1.82, 2.24) is 0 Å². The molecule has 0 aromatic heterocycles. The molecule has 0 heterocycles. The van der Waals surface area contributed by atoms with E-state index in [0.29, 0.717) is 17.1 Å². The van der Waals surface area contributed by atoms with Crippen molar-refractivity contribution in [3.05, 3.63) is 96.2 Å². The molecule has 1 atom stereocenters. The molecule has 30 heavy (non-hydrogen) atoms. The van der Waals surface area contributed by atoms with Gasteiger partial charge in [0.05, 0.1) is 11.4 Å². The Hall–Kier alpha value is -3.81. The van der Waals surface area contributed by atoms with Crippen LogP contribution in [0.2, 0.25) is 0 Å². The van der Waals surface area contributed by atoms with Crippen LogP contribution in [0.25, 0.3) is 5.70 Å². The molecular weight excluding hydrogens is 380 g/mol. The van der Waals surface area contributed by atoms with E-state index in [0.717, 1.165) is 16.9 Å². The fraction of sp³-hybridized carbons (Fsp3) is 0.0870. The van der Waals surface area contributed by atoms with E-state index in [1.54, 1.807) is 30.5 Å². The summed E-state index contributed by atoms with van der Waals surface area (Å²) < 4.78 is 5.78. The van der Waals surface area contributed by atoms with Gasteiger partial charge >= 0.3 is 5.97 Å². The van der Waals surface area contributed by atoms with Gasteiger partial charge in [-0.3, -0.25) is 9.80 Å². The zero-order chi connectivity index (χ0) is 21.5. The quantitative estimate of drug-likeness (QED) is 0.335. The third-order valence-electron chi connectivity index (χ3n) is 4.45. The zero-order valence-corrected chi connectivity index (χ0v) is 16.3. The first kappa shape index (κ1) is 20.9. The van der Waals surface area contributed by atoms with Crippen molar-refractivity contribution in [2.45, 2.75) is 12.5 Å². The number of nitrogens with zero attached hydrogens (tertiary/aromatic N) is 1. The summed E-state index contributed by atoms with van der Waals surface area (Å²) in [6.07, 6.45) is 1.86. The second kappa shape index (κ2) is 9.60. The lowest BCUT2D eigenvalue weighted by molar-refractivity contribution is -0.138. The summed E-state index contributed by atoms with van der Waals surface area (Å²) in [4.78, 5) is 10.9. The summed E-state index contributed by atoms with van der Waals surface area (Å²) in [7, 11) is 0. The number of nitrogens with two attached hydrogens (primary N) is 3. The minimum Gasteiger partial charge on any atom is -0.480 e. The van der Waals surface area contributed by atoms with Crippen molar-refractivity contribution in [2.75, 3.05) is 5.01 Å². The summed E-state index contributed by atoms with van der Waals surface area (Å²) in [6.45, 7) is 0. The summed E-state index contributed by atoms with van der Waals surface area (Å²) in [6, 6.07) is 23.1. The summed E-state index contributed by atoms with van der Waals surface area (Å²) in [5.41, 5.74) is 14.5. The summed E-state index contributed by atoms with van der Waals surface area (Å²) in [5, 5.41) is 10.3. The Balaban J connectivity index is 1.65. The molecule has 7 nitrogen and oxygen atoms in total. The van der Waals surface area contributed by atoms with Crippen LogP contribution in [0.1, 0.15) is 11.1 Å². The number of benzene rings is 3. The van der Waals surface area contributed by atoms with Crippen molar-refractivity contribution in [1.29, 1.82) is 0 Å². The minimum atomic E-state index is -1.03. The molecule has 0 bridgehead atoms. The number of anilines is 1. The first-order valence-corrected chi connectivity index (χ1v) is 9.34. The molecular formula is C23H24N4O3. The smallest absolute Gasteiger partial charge is 0.320 e. The number of hydrogen-bond donors (Lipinski definition) is 4. The molecule has 0 spiro atoms. The highest BCUT2D eigenvalue weighted by Crippen LogP contribution is 2.23. The average molecular weight is 404 g/mol. The molecule has 7 N–H and O–H groups in total.